The zero-order valence-electron chi connectivity index (χ0n) is 6.66. The predicted molar refractivity (Wildman–Crippen MR) is 55.5 cm³/mol. The Balaban J connectivity index is 2.87. The molecule has 0 spiro atoms. The Kier molecular flexibility index (Phi) is 1.84. The lowest BCUT2D eigenvalue weighted by Crippen LogP contribution is -1.88. The summed E-state index contributed by atoms with van der Waals surface area (Å²) in [6.07, 6.45) is 1.40. The summed E-state index contributed by atoms with van der Waals surface area (Å²) in [6.45, 7) is 0. The molecule has 0 saturated heterocycles. The third kappa shape index (κ3) is 1.45. The van der Waals surface area contributed by atoms with Gasteiger partial charge in [0.05, 0.1) is 11.7 Å². The summed E-state index contributed by atoms with van der Waals surface area (Å²) >= 11 is 3.32. The van der Waals surface area contributed by atoms with Gasteiger partial charge in [-0.2, -0.15) is 0 Å². The van der Waals surface area contributed by atoms with Gasteiger partial charge in [0.15, 0.2) is 0 Å². The molecule has 2 rings (SSSR count). The molecule has 0 radical (unpaired) electrons. The molecule has 1 heterocycles. The molecule has 0 saturated carbocycles. The van der Waals surface area contributed by atoms with Crippen molar-refractivity contribution in [2.45, 2.75) is 0 Å². The average molecular weight is 239 g/mol. The highest BCUT2D eigenvalue weighted by Gasteiger charge is 2.01. The summed E-state index contributed by atoms with van der Waals surface area (Å²) in [5.74, 6) is 0.126. The fourth-order valence-corrected chi connectivity index (χ4v) is 1.67. The summed E-state index contributed by atoms with van der Waals surface area (Å²) in [6, 6.07) is 5.23. The van der Waals surface area contributed by atoms with E-state index in [1.165, 1.54) is 6.20 Å². The second-order valence-corrected chi connectivity index (χ2v) is 3.67. The van der Waals surface area contributed by atoms with Crippen LogP contribution >= 0.6 is 15.9 Å². The fourth-order valence-electron chi connectivity index (χ4n) is 1.21. The van der Waals surface area contributed by atoms with Crippen molar-refractivity contribution < 1.29 is 5.11 Å². The lowest BCUT2D eigenvalue weighted by atomic mass is 10.2. The SMILES string of the molecule is Nc1cc(Br)cc2ncc(O)cc12. The number of fused-ring (bicyclic) bond motifs is 1. The molecule has 13 heavy (non-hydrogen) atoms. The zero-order chi connectivity index (χ0) is 9.42. The van der Waals surface area contributed by atoms with Crippen LogP contribution in [0.25, 0.3) is 10.9 Å². The van der Waals surface area contributed by atoms with Crippen LogP contribution in [-0.2, 0) is 0 Å². The van der Waals surface area contributed by atoms with Gasteiger partial charge in [-0.25, -0.2) is 0 Å². The molecule has 0 fully saturated rings. The van der Waals surface area contributed by atoms with Crippen LogP contribution in [0.15, 0.2) is 28.9 Å². The molecule has 3 N–H and O–H groups in total. The van der Waals surface area contributed by atoms with Crippen molar-refractivity contribution in [3.05, 3.63) is 28.9 Å². The molecule has 2 aromatic rings. The van der Waals surface area contributed by atoms with Crippen molar-refractivity contribution in [1.29, 1.82) is 0 Å². The smallest absolute Gasteiger partial charge is 0.134 e. The molecule has 0 unspecified atom stereocenters. The van der Waals surface area contributed by atoms with E-state index in [-0.39, 0.29) is 5.75 Å². The summed E-state index contributed by atoms with van der Waals surface area (Å²) in [4.78, 5) is 4.04. The molecule has 0 bridgehead atoms. The molecule has 0 aliphatic rings. The highest BCUT2D eigenvalue weighted by atomic mass is 79.9. The number of aromatic hydroxyl groups is 1. The maximum Gasteiger partial charge on any atom is 0.134 e. The van der Waals surface area contributed by atoms with Crippen molar-refractivity contribution in [3.8, 4) is 5.75 Å². The molecule has 0 aliphatic heterocycles. The molecular formula is C9H7BrN2O. The van der Waals surface area contributed by atoms with Crippen LogP contribution in [-0.4, -0.2) is 10.1 Å². The van der Waals surface area contributed by atoms with E-state index < -0.39 is 0 Å². The molecule has 0 atom stereocenters. The predicted octanol–water partition coefficient (Wildman–Crippen LogP) is 2.29. The molecule has 66 valence electrons. The maximum atomic E-state index is 9.19. The topological polar surface area (TPSA) is 59.1 Å². The van der Waals surface area contributed by atoms with E-state index in [1.807, 2.05) is 6.07 Å². The van der Waals surface area contributed by atoms with E-state index in [1.54, 1.807) is 12.1 Å². The van der Waals surface area contributed by atoms with Crippen molar-refractivity contribution in [1.82, 2.24) is 4.98 Å². The van der Waals surface area contributed by atoms with Crippen molar-refractivity contribution >= 4 is 32.5 Å². The molecule has 3 nitrogen and oxygen atoms in total. The van der Waals surface area contributed by atoms with Gasteiger partial charge in [0.1, 0.15) is 5.75 Å². The number of nitrogens with zero attached hydrogens (tertiary/aromatic N) is 1. The lowest BCUT2D eigenvalue weighted by Gasteiger charge is -2.02. The Morgan fingerprint density at radius 1 is 1.31 bits per heavy atom. The zero-order valence-corrected chi connectivity index (χ0v) is 8.25. The third-order valence-corrected chi connectivity index (χ3v) is 2.24. The standard InChI is InChI=1S/C9H7BrN2O/c10-5-1-8(11)7-3-6(13)4-12-9(7)2-5/h1-4,13H,11H2. The van der Waals surface area contributed by atoms with E-state index in [0.717, 1.165) is 15.4 Å². The van der Waals surface area contributed by atoms with Crippen LogP contribution in [0.1, 0.15) is 0 Å². The van der Waals surface area contributed by atoms with E-state index >= 15 is 0 Å². The summed E-state index contributed by atoms with van der Waals surface area (Å²) in [5, 5.41) is 9.96. The van der Waals surface area contributed by atoms with Crippen molar-refractivity contribution in [3.63, 3.8) is 0 Å². The Morgan fingerprint density at radius 2 is 2.08 bits per heavy atom. The molecular weight excluding hydrogens is 232 g/mol. The first-order chi connectivity index (χ1) is 6.16. The molecule has 1 aromatic carbocycles. The Hall–Kier alpha value is -1.29. The van der Waals surface area contributed by atoms with Gasteiger partial charge >= 0.3 is 0 Å². The van der Waals surface area contributed by atoms with Gasteiger partial charge in [-0.05, 0) is 18.2 Å². The number of nitrogens with two attached hydrogens (primary N) is 1. The summed E-state index contributed by atoms with van der Waals surface area (Å²) < 4.78 is 0.885. The lowest BCUT2D eigenvalue weighted by molar-refractivity contribution is 0.474. The van der Waals surface area contributed by atoms with E-state index in [4.69, 9.17) is 5.73 Å². The van der Waals surface area contributed by atoms with E-state index in [9.17, 15) is 5.11 Å². The minimum Gasteiger partial charge on any atom is -0.506 e. The Labute approximate surface area is 83.3 Å². The van der Waals surface area contributed by atoms with E-state index in [2.05, 4.69) is 20.9 Å². The van der Waals surface area contributed by atoms with Gasteiger partial charge in [-0.3, -0.25) is 4.98 Å². The van der Waals surface area contributed by atoms with Crippen LogP contribution in [0, 0.1) is 0 Å². The number of pyridine rings is 1. The highest BCUT2D eigenvalue weighted by Crippen LogP contribution is 2.26. The molecule has 0 amide bonds. The second kappa shape index (κ2) is 2.88. The van der Waals surface area contributed by atoms with Gasteiger partial charge in [0.25, 0.3) is 0 Å². The maximum absolute atomic E-state index is 9.19. The number of aromatic nitrogens is 1. The molecule has 0 aliphatic carbocycles. The van der Waals surface area contributed by atoms with Crippen molar-refractivity contribution in [2.24, 2.45) is 0 Å². The van der Waals surface area contributed by atoms with Crippen LogP contribution in [0.4, 0.5) is 5.69 Å². The highest BCUT2D eigenvalue weighted by molar-refractivity contribution is 9.10. The number of nitrogen functional groups attached to an aromatic ring is 1. The molecule has 4 heteroatoms. The quantitative estimate of drug-likeness (QED) is 0.693. The van der Waals surface area contributed by atoms with E-state index in [0.29, 0.717) is 5.69 Å². The largest absolute Gasteiger partial charge is 0.506 e. The van der Waals surface area contributed by atoms with Gasteiger partial charge in [0.2, 0.25) is 0 Å². The minimum absolute atomic E-state index is 0.126. The number of anilines is 1. The van der Waals surface area contributed by atoms with Gasteiger partial charge in [-0.15, -0.1) is 0 Å². The molecule has 1 aromatic heterocycles. The summed E-state index contributed by atoms with van der Waals surface area (Å²) in [7, 11) is 0. The first-order valence-corrected chi connectivity index (χ1v) is 4.50. The third-order valence-electron chi connectivity index (χ3n) is 1.78. The van der Waals surface area contributed by atoms with Crippen molar-refractivity contribution in [2.75, 3.05) is 5.73 Å². The van der Waals surface area contributed by atoms with Gasteiger partial charge in [-0.1, -0.05) is 15.9 Å². The van der Waals surface area contributed by atoms with Crippen LogP contribution in [0.3, 0.4) is 0 Å². The van der Waals surface area contributed by atoms with Gasteiger partial charge in [0, 0.05) is 15.5 Å². The Morgan fingerprint density at radius 3 is 2.85 bits per heavy atom. The number of hydrogen-bond acceptors (Lipinski definition) is 3. The second-order valence-electron chi connectivity index (χ2n) is 2.76. The first-order valence-electron chi connectivity index (χ1n) is 3.70. The minimum atomic E-state index is 0.126. The van der Waals surface area contributed by atoms with Gasteiger partial charge < -0.3 is 10.8 Å². The first kappa shape index (κ1) is 8.31. The summed E-state index contributed by atoms with van der Waals surface area (Å²) in [5.41, 5.74) is 7.12. The van der Waals surface area contributed by atoms with Crippen LogP contribution in [0.2, 0.25) is 0 Å². The number of halogens is 1. The number of benzene rings is 1. The van der Waals surface area contributed by atoms with Crippen LogP contribution in [0.5, 0.6) is 5.75 Å². The Bertz CT molecular complexity index is 470. The number of hydrogen-bond donors (Lipinski definition) is 2. The monoisotopic (exact) mass is 238 g/mol. The number of rotatable bonds is 0. The fraction of sp³-hybridized carbons (Fsp3) is 0. The average Bonchev–Trinajstić information content (AvgIpc) is 2.06. The normalized spacial score (nSPS) is 10.5. The van der Waals surface area contributed by atoms with Crippen LogP contribution < -0.4 is 5.73 Å².